The summed E-state index contributed by atoms with van der Waals surface area (Å²) in [6.45, 7) is 3.66. The first kappa shape index (κ1) is 20.4. The molecule has 0 amide bonds. The third-order valence-electron chi connectivity index (χ3n) is 5.64. The van der Waals surface area contributed by atoms with E-state index in [-0.39, 0.29) is 17.2 Å². The predicted molar refractivity (Wildman–Crippen MR) is 113 cm³/mol. The van der Waals surface area contributed by atoms with Gasteiger partial charge in [-0.15, -0.1) is 0 Å². The van der Waals surface area contributed by atoms with Crippen molar-refractivity contribution in [2.75, 3.05) is 30.4 Å². The lowest BCUT2D eigenvalue weighted by atomic mass is 10.00. The van der Waals surface area contributed by atoms with E-state index >= 15 is 0 Å². The van der Waals surface area contributed by atoms with Gasteiger partial charge in [0.2, 0.25) is 5.95 Å². The minimum atomic E-state index is -3.32. The average Bonchev–Trinajstić information content (AvgIpc) is 2.84. The van der Waals surface area contributed by atoms with Crippen molar-refractivity contribution in [3.05, 3.63) is 40.5 Å². The Hall–Kier alpha value is -1.90. The minimum Gasteiger partial charge on any atom is -0.379 e. The second-order valence-corrected chi connectivity index (χ2v) is 10.3. The molecule has 0 radical (unpaired) electrons. The molecule has 2 N–H and O–H groups in total. The summed E-state index contributed by atoms with van der Waals surface area (Å²) in [5.74, 6) is 0.935. The van der Waals surface area contributed by atoms with Gasteiger partial charge in [-0.3, -0.25) is 0 Å². The Labute approximate surface area is 176 Å². The van der Waals surface area contributed by atoms with Gasteiger partial charge in [0.1, 0.15) is 5.82 Å². The number of halogens is 1. The molecule has 1 saturated heterocycles. The highest BCUT2D eigenvalue weighted by molar-refractivity contribution is 7.92. The van der Waals surface area contributed by atoms with E-state index in [9.17, 15) is 8.42 Å². The van der Waals surface area contributed by atoms with E-state index in [1.165, 1.54) is 0 Å². The van der Waals surface area contributed by atoms with Crippen molar-refractivity contribution in [3.63, 3.8) is 0 Å². The molecular formula is C20H25ClN4O3S. The predicted octanol–water partition coefficient (Wildman–Crippen LogP) is 3.31. The van der Waals surface area contributed by atoms with Crippen molar-refractivity contribution in [1.29, 1.82) is 0 Å². The van der Waals surface area contributed by atoms with Crippen LogP contribution in [0.25, 0.3) is 0 Å². The van der Waals surface area contributed by atoms with Gasteiger partial charge >= 0.3 is 0 Å². The normalized spacial score (nSPS) is 20.9. The number of hydrogen-bond acceptors (Lipinski definition) is 7. The number of nitrogens with two attached hydrogens (primary N) is 1. The van der Waals surface area contributed by atoms with Gasteiger partial charge in [-0.25, -0.2) is 13.4 Å². The fourth-order valence-corrected chi connectivity index (χ4v) is 6.11. The molecule has 1 aromatic carbocycles. The van der Waals surface area contributed by atoms with E-state index in [1.54, 1.807) is 18.2 Å². The number of aromatic nitrogens is 2. The van der Waals surface area contributed by atoms with Gasteiger partial charge in [0.25, 0.3) is 0 Å². The molecule has 1 aromatic heterocycles. The van der Waals surface area contributed by atoms with Gasteiger partial charge in [0, 0.05) is 29.9 Å². The molecule has 1 aliphatic heterocycles. The smallest absolute Gasteiger partial charge is 0.222 e. The second-order valence-electron chi connectivity index (χ2n) is 7.64. The maximum Gasteiger partial charge on any atom is 0.222 e. The molecule has 1 unspecified atom stereocenters. The molecule has 1 saturated carbocycles. The zero-order chi connectivity index (χ0) is 20.6. The minimum absolute atomic E-state index is 0.195. The van der Waals surface area contributed by atoms with E-state index in [0.717, 1.165) is 43.5 Å². The Morgan fingerprint density at radius 3 is 2.66 bits per heavy atom. The van der Waals surface area contributed by atoms with E-state index in [1.807, 2.05) is 13.0 Å². The second kappa shape index (κ2) is 8.08. The number of ether oxygens (including phenoxy) is 1. The van der Waals surface area contributed by atoms with Crippen LogP contribution in [0, 0.1) is 6.92 Å². The van der Waals surface area contributed by atoms with Crippen molar-refractivity contribution in [2.24, 2.45) is 0 Å². The molecule has 2 aromatic rings. The SMILES string of the molecule is Cc1cc(N2CCCOCC2c2ccc(S(=O)(=O)C3CCC3)cc2Cl)nc(N)n1. The van der Waals surface area contributed by atoms with Gasteiger partial charge in [-0.05, 0) is 43.9 Å². The van der Waals surface area contributed by atoms with Crippen molar-refractivity contribution >= 4 is 33.2 Å². The lowest BCUT2D eigenvalue weighted by Gasteiger charge is -2.32. The van der Waals surface area contributed by atoms with E-state index in [4.69, 9.17) is 22.1 Å². The average molecular weight is 437 g/mol. The molecule has 2 aliphatic rings. The fraction of sp³-hybridized carbons (Fsp3) is 0.500. The Morgan fingerprint density at radius 1 is 1.21 bits per heavy atom. The van der Waals surface area contributed by atoms with Crippen LogP contribution >= 0.6 is 11.6 Å². The molecule has 7 nitrogen and oxygen atoms in total. The topological polar surface area (TPSA) is 98.4 Å². The highest BCUT2D eigenvalue weighted by Crippen LogP contribution is 2.37. The van der Waals surface area contributed by atoms with Gasteiger partial charge < -0.3 is 15.4 Å². The highest BCUT2D eigenvalue weighted by Gasteiger charge is 2.34. The van der Waals surface area contributed by atoms with Crippen LogP contribution in [0.5, 0.6) is 0 Å². The lowest BCUT2D eigenvalue weighted by molar-refractivity contribution is 0.134. The zero-order valence-electron chi connectivity index (χ0n) is 16.3. The summed E-state index contributed by atoms with van der Waals surface area (Å²) in [5, 5.41) is 0.138. The molecule has 9 heteroatoms. The van der Waals surface area contributed by atoms with Crippen LogP contribution in [-0.4, -0.2) is 43.4 Å². The first-order chi connectivity index (χ1) is 13.9. The van der Waals surface area contributed by atoms with Crippen LogP contribution < -0.4 is 10.6 Å². The highest BCUT2D eigenvalue weighted by atomic mass is 35.5. The lowest BCUT2D eigenvalue weighted by Crippen LogP contribution is -2.32. The Bertz CT molecular complexity index is 991. The van der Waals surface area contributed by atoms with E-state index in [2.05, 4.69) is 14.9 Å². The fourth-order valence-electron chi connectivity index (χ4n) is 3.86. The first-order valence-corrected chi connectivity index (χ1v) is 11.8. The number of nitrogen functional groups attached to an aromatic ring is 1. The summed E-state index contributed by atoms with van der Waals surface area (Å²) in [6.07, 6.45) is 3.25. The number of nitrogens with zero attached hydrogens (tertiary/aromatic N) is 3. The molecular weight excluding hydrogens is 412 g/mol. The summed E-state index contributed by atoms with van der Waals surface area (Å²) in [5.41, 5.74) is 7.46. The van der Waals surface area contributed by atoms with Crippen LogP contribution in [0.15, 0.2) is 29.2 Å². The Balaban J connectivity index is 1.70. The van der Waals surface area contributed by atoms with Gasteiger partial charge in [-0.1, -0.05) is 24.1 Å². The number of benzene rings is 1. The first-order valence-electron chi connectivity index (χ1n) is 9.85. The zero-order valence-corrected chi connectivity index (χ0v) is 17.9. The third-order valence-corrected chi connectivity index (χ3v) is 8.23. The molecule has 2 heterocycles. The van der Waals surface area contributed by atoms with Crippen LogP contribution in [-0.2, 0) is 14.6 Å². The Morgan fingerprint density at radius 2 is 2.00 bits per heavy atom. The van der Waals surface area contributed by atoms with Gasteiger partial charge in [0.15, 0.2) is 9.84 Å². The van der Waals surface area contributed by atoms with Crippen molar-refractivity contribution in [3.8, 4) is 0 Å². The van der Waals surface area contributed by atoms with Crippen molar-refractivity contribution in [1.82, 2.24) is 9.97 Å². The van der Waals surface area contributed by atoms with E-state index < -0.39 is 9.84 Å². The quantitative estimate of drug-likeness (QED) is 0.784. The molecule has 1 atom stereocenters. The third kappa shape index (κ3) is 4.06. The van der Waals surface area contributed by atoms with Crippen molar-refractivity contribution < 1.29 is 13.2 Å². The van der Waals surface area contributed by atoms with E-state index in [0.29, 0.717) is 28.9 Å². The summed E-state index contributed by atoms with van der Waals surface area (Å²) in [6, 6.07) is 6.74. The molecule has 0 bridgehead atoms. The summed E-state index contributed by atoms with van der Waals surface area (Å²) in [4.78, 5) is 11.0. The van der Waals surface area contributed by atoms with Crippen LogP contribution in [0.3, 0.4) is 0 Å². The molecule has 156 valence electrons. The number of anilines is 2. The number of sulfone groups is 1. The van der Waals surface area contributed by atoms with Crippen LogP contribution in [0.2, 0.25) is 5.02 Å². The van der Waals surface area contributed by atoms with Gasteiger partial charge in [0.05, 0.1) is 22.8 Å². The molecule has 2 fully saturated rings. The number of aryl methyl sites for hydroxylation is 1. The maximum absolute atomic E-state index is 12.7. The summed E-state index contributed by atoms with van der Waals surface area (Å²) >= 11 is 6.60. The van der Waals surface area contributed by atoms with Crippen LogP contribution in [0.4, 0.5) is 11.8 Å². The standard InChI is InChI=1S/C20H25ClN4O3S/c1-13-10-19(24-20(22)23-13)25-8-3-9-28-12-18(25)16-7-6-15(11-17(16)21)29(26,27)14-4-2-5-14/h6-7,10-11,14,18H,2-5,8-9,12H2,1H3,(H2,22,23,24). The largest absolute Gasteiger partial charge is 0.379 e. The summed E-state index contributed by atoms with van der Waals surface area (Å²) < 4.78 is 31.3. The molecule has 29 heavy (non-hydrogen) atoms. The Kier molecular flexibility index (Phi) is 5.68. The molecule has 4 rings (SSSR count). The molecule has 1 aliphatic carbocycles. The summed E-state index contributed by atoms with van der Waals surface area (Å²) in [7, 11) is -3.32. The molecule has 0 spiro atoms. The maximum atomic E-state index is 12.7. The van der Waals surface area contributed by atoms with Crippen LogP contribution in [0.1, 0.15) is 43.0 Å². The number of rotatable bonds is 4. The monoisotopic (exact) mass is 436 g/mol. The number of hydrogen-bond donors (Lipinski definition) is 1. The van der Waals surface area contributed by atoms with Crippen molar-refractivity contribution in [2.45, 2.75) is 48.8 Å². The van der Waals surface area contributed by atoms with Gasteiger partial charge in [-0.2, -0.15) is 4.98 Å².